The molecule has 24 heavy (non-hydrogen) atoms. The Kier molecular flexibility index (Phi) is 4.13. The standard InChI is InChI=1S/C20H26N4/c1-15-13-21-16(2)20(22-15)23-10-7-17(8-11-23)14-24-12-9-18-5-3-4-6-19(18)24/h3-6,13,17H,7-12,14H2,1-2H3. The van der Waals surface area contributed by atoms with Crippen LogP contribution in [0, 0.1) is 19.8 Å². The molecular formula is C20H26N4. The molecule has 0 atom stereocenters. The van der Waals surface area contributed by atoms with Crippen LogP contribution in [0.1, 0.15) is 29.8 Å². The molecule has 0 amide bonds. The first-order valence-electron chi connectivity index (χ1n) is 9.09. The molecular weight excluding hydrogens is 296 g/mol. The van der Waals surface area contributed by atoms with Crippen LogP contribution < -0.4 is 9.80 Å². The van der Waals surface area contributed by atoms with Crippen molar-refractivity contribution in [3.8, 4) is 0 Å². The SMILES string of the molecule is Cc1cnc(C)c(N2CCC(CN3CCc4ccccc43)CC2)n1. The number of aromatic nitrogens is 2. The van der Waals surface area contributed by atoms with E-state index in [1.807, 2.05) is 13.1 Å². The average Bonchev–Trinajstić information content (AvgIpc) is 3.01. The summed E-state index contributed by atoms with van der Waals surface area (Å²) in [7, 11) is 0. The van der Waals surface area contributed by atoms with Crippen molar-refractivity contribution in [2.24, 2.45) is 5.92 Å². The highest BCUT2D eigenvalue weighted by Gasteiger charge is 2.26. The Labute approximate surface area is 144 Å². The van der Waals surface area contributed by atoms with Crippen molar-refractivity contribution in [2.45, 2.75) is 33.1 Å². The summed E-state index contributed by atoms with van der Waals surface area (Å²) in [6.45, 7) is 8.66. The second-order valence-electron chi connectivity index (χ2n) is 7.18. The van der Waals surface area contributed by atoms with Crippen LogP contribution in [0.3, 0.4) is 0 Å². The summed E-state index contributed by atoms with van der Waals surface area (Å²) in [5, 5.41) is 0. The van der Waals surface area contributed by atoms with Gasteiger partial charge in [-0.25, -0.2) is 4.98 Å². The minimum atomic E-state index is 0.783. The molecule has 4 nitrogen and oxygen atoms in total. The first kappa shape index (κ1) is 15.4. The normalized spacial score (nSPS) is 18.1. The number of benzene rings is 1. The third-order valence-corrected chi connectivity index (χ3v) is 5.43. The molecule has 2 aliphatic heterocycles. The predicted molar refractivity (Wildman–Crippen MR) is 98.8 cm³/mol. The maximum absolute atomic E-state index is 4.71. The van der Waals surface area contributed by atoms with Crippen LogP contribution in [0.5, 0.6) is 0 Å². The second kappa shape index (κ2) is 6.42. The highest BCUT2D eigenvalue weighted by molar-refractivity contribution is 5.57. The van der Waals surface area contributed by atoms with Gasteiger partial charge in [-0.2, -0.15) is 0 Å². The van der Waals surface area contributed by atoms with Gasteiger partial charge in [0.15, 0.2) is 0 Å². The van der Waals surface area contributed by atoms with E-state index in [2.05, 4.69) is 46.0 Å². The molecule has 0 saturated carbocycles. The molecule has 126 valence electrons. The van der Waals surface area contributed by atoms with Gasteiger partial charge in [0.05, 0.1) is 11.4 Å². The number of anilines is 2. The summed E-state index contributed by atoms with van der Waals surface area (Å²) in [4.78, 5) is 14.2. The summed E-state index contributed by atoms with van der Waals surface area (Å²) in [5.41, 5.74) is 5.03. The number of nitrogens with zero attached hydrogens (tertiary/aromatic N) is 4. The van der Waals surface area contributed by atoms with Crippen molar-refractivity contribution in [3.63, 3.8) is 0 Å². The molecule has 0 unspecified atom stereocenters. The second-order valence-corrected chi connectivity index (χ2v) is 7.18. The number of para-hydroxylation sites is 1. The predicted octanol–water partition coefficient (Wildman–Crippen LogP) is 3.37. The van der Waals surface area contributed by atoms with Crippen LogP contribution in [0.2, 0.25) is 0 Å². The van der Waals surface area contributed by atoms with Crippen LogP contribution in [0.15, 0.2) is 30.5 Å². The molecule has 4 rings (SSSR count). The van der Waals surface area contributed by atoms with E-state index >= 15 is 0 Å². The van der Waals surface area contributed by atoms with Crippen molar-refractivity contribution in [2.75, 3.05) is 36.0 Å². The first-order valence-corrected chi connectivity index (χ1v) is 9.09. The van der Waals surface area contributed by atoms with Gasteiger partial charge in [0.1, 0.15) is 5.82 Å². The van der Waals surface area contributed by atoms with Crippen molar-refractivity contribution < 1.29 is 0 Å². The van der Waals surface area contributed by atoms with Crippen LogP contribution in [-0.2, 0) is 6.42 Å². The van der Waals surface area contributed by atoms with E-state index in [0.717, 1.165) is 36.2 Å². The molecule has 0 spiro atoms. The van der Waals surface area contributed by atoms with E-state index in [0.29, 0.717) is 0 Å². The first-order chi connectivity index (χ1) is 11.7. The number of aryl methyl sites for hydroxylation is 2. The molecule has 1 fully saturated rings. The molecule has 0 N–H and O–H groups in total. The Balaban J connectivity index is 1.38. The van der Waals surface area contributed by atoms with Crippen molar-refractivity contribution in [1.29, 1.82) is 0 Å². The molecule has 3 heterocycles. The van der Waals surface area contributed by atoms with Crippen LogP contribution in [0.25, 0.3) is 0 Å². The Morgan fingerprint density at radius 2 is 1.88 bits per heavy atom. The van der Waals surface area contributed by atoms with Crippen LogP contribution in [0.4, 0.5) is 11.5 Å². The summed E-state index contributed by atoms with van der Waals surface area (Å²) in [5.74, 6) is 1.87. The zero-order valence-corrected chi connectivity index (χ0v) is 14.7. The number of rotatable bonds is 3. The van der Waals surface area contributed by atoms with Gasteiger partial charge < -0.3 is 9.80 Å². The van der Waals surface area contributed by atoms with E-state index in [1.165, 1.54) is 43.6 Å². The largest absolute Gasteiger partial charge is 0.371 e. The minimum Gasteiger partial charge on any atom is -0.371 e. The lowest BCUT2D eigenvalue weighted by molar-refractivity contribution is 0.403. The lowest BCUT2D eigenvalue weighted by atomic mass is 9.96. The van der Waals surface area contributed by atoms with E-state index in [-0.39, 0.29) is 0 Å². The maximum atomic E-state index is 4.71. The molecule has 1 aromatic heterocycles. The van der Waals surface area contributed by atoms with Crippen LogP contribution >= 0.6 is 0 Å². The number of hydrogen-bond donors (Lipinski definition) is 0. The van der Waals surface area contributed by atoms with E-state index in [1.54, 1.807) is 0 Å². The fourth-order valence-corrected chi connectivity index (χ4v) is 4.06. The number of piperidine rings is 1. The van der Waals surface area contributed by atoms with Gasteiger partial charge in [-0.15, -0.1) is 0 Å². The third kappa shape index (κ3) is 2.97. The van der Waals surface area contributed by atoms with Crippen molar-refractivity contribution in [1.82, 2.24) is 9.97 Å². The average molecular weight is 322 g/mol. The van der Waals surface area contributed by atoms with Crippen molar-refractivity contribution >= 4 is 11.5 Å². The van der Waals surface area contributed by atoms with Crippen molar-refractivity contribution in [3.05, 3.63) is 47.4 Å². The lowest BCUT2D eigenvalue weighted by Gasteiger charge is -2.35. The highest BCUT2D eigenvalue weighted by atomic mass is 15.2. The molecule has 0 aliphatic carbocycles. The van der Waals surface area contributed by atoms with Gasteiger partial charge in [-0.05, 0) is 50.7 Å². The summed E-state index contributed by atoms with van der Waals surface area (Å²) in [6.07, 6.45) is 5.55. The van der Waals surface area contributed by atoms with E-state index in [4.69, 9.17) is 4.98 Å². The Morgan fingerprint density at radius 1 is 1.08 bits per heavy atom. The van der Waals surface area contributed by atoms with Gasteiger partial charge in [-0.3, -0.25) is 4.98 Å². The fourth-order valence-electron chi connectivity index (χ4n) is 4.06. The van der Waals surface area contributed by atoms with E-state index in [9.17, 15) is 0 Å². The lowest BCUT2D eigenvalue weighted by Crippen LogP contribution is -2.39. The molecule has 0 radical (unpaired) electrons. The molecule has 0 bridgehead atoms. The van der Waals surface area contributed by atoms with E-state index < -0.39 is 0 Å². The summed E-state index contributed by atoms with van der Waals surface area (Å²) in [6, 6.07) is 8.88. The zero-order chi connectivity index (χ0) is 16.5. The third-order valence-electron chi connectivity index (χ3n) is 5.43. The van der Waals surface area contributed by atoms with Gasteiger partial charge in [0.2, 0.25) is 0 Å². The smallest absolute Gasteiger partial charge is 0.150 e. The minimum absolute atomic E-state index is 0.783. The Hall–Kier alpha value is -2.10. The monoisotopic (exact) mass is 322 g/mol. The quantitative estimate of drug-likeness (QED) is 0.867. The highest BCUT2D eigenvalue weighted by Crippen LogP contribution is 2.31. The molecule has 2 aliphatic rings. The number of fused-ring (bicyclic) bond motifs is 1. The molecule has 1 aromatic carbocycles. The topological polar surface area (TPSA) is 32.3 Å². The maximum Gasteiger partial charge on any atom is 0.150 e. The van der Waals surface area contributed by atoms with Crippen LogP contribution in [-0.4, -0.2) is 36.1 Å². The van der Waals surface area contributed by atoms with Gasteiger partial charge in [0.25, 0.3) is 0 Å². The van der Waals surface area contributed by atoms with Gasteiger partial charge in [0, 0.05) is 38.1 Å². The number of hydrogen-bond acceptors (Lipinski definition) is 4. The molecule has 4 heteroatoms. The summed E-state index contributed by atoms with van der Waals surface area (Å²) < 4.78 is 0. The van der Waals surface area contributed by atoms with Gasteiger partial charge in [-0.1, -0.05) is 18.2 Å². The molecule has 1 saturated heterocycles. The summed E-state index contributed by atoms with van der Waals surface area (Å²) >= 11 is 0. The molecule has 2 aromatic rings. The van der Waals surface area contributed by atoms with Gasteiger partial charge >= 0.3 is 0 Å². The Morgan fingerprint density at radius 3 is 2.71 bits per heavy atom. The fraction of sp³-hybridized carbons (Fsp3) is 0.500. The zero-order valence-electron chi connectivity index (χ0n) is 14.7. The Bertz CT molecular complexity index is 719.